The van der Waals surface area contributed by atoms with Crippen molar-refractivity contribution in [3.63, 3.8) is 0 Å². The summed E-state index contributed by atoms with van der Waals surface area (Å²) in [6.07, 6.45) is 3.23. The predicted octanol–water partition coefficient (Wildman–Crippen LogP) is 1.58. The molecular weight excluding hydrogens is 406 g/mol. The van der Waals surface area contributed by atoms with E-state index in [-0.39, 0.29) is 23.5 Å². The highest BCUT2D eigenvalue weighted by atomic mass is 32.2. The van der Waals surface area contributed by atoms with Crippen LogP contribution in [0.1, 0.15) is 26.7 Å². The van der Waals surface area contributed by atoms with Gasteiger partial charge in [-0.2, -0.15) is 0 Å². The molecule has 1 aromatic carbocycles. The second-order valence-electron chi connectivity index (χ2n) is 7.40. The number of amides is 2. The van der Waals surface area contributed by atoms with Gasteiger partial charge in [0, 0.05) is 43.3 Å². The first-order valence-corrected chi connectivity index (χ1v) is 12.0. The number of sulfone groups is 1. The van der Waals surface area contributed by atoms with Gasteiger partial charge in [-0.1, -0.05) is 18.2 Å². The number of fused-ring (bicyclic) bond motifs is 1. The standard InChI is InChI=1S/C21H29N3O5S/c1-3-23(4-2)21(26)14-24-13-19(17-9-5-6-10-18(17)24)30(27,28)15-20(25)22-12-16-8-7-11-29-16/h5-6,9-10,13,16H,3-4,7-8,11-12,14-15H2,1-2H3,(H,22,25)/t16-/m0/s1. The third kappa shape index (κ3) is 5.02. The number of likely N-dealkylation sites (N-methyl/N-ethyl adjacent to an activating group) is 1. The second-order valence-corrected chi connectivity index (χ2v) is 9.36. The number of carbonyl (C=O) groups is 2. The van der Waals surface area contributed by atoms with Gasteiger partial charge in [0.15, 0.2) is 9.84 Å². The second kappa shape index (κ2) is 9.61. The van der Waals surface area contributed by atoms with Crippen molar-refractivity contribution in [2.24, 2.45) is 0 Å². The number of nitrogens with zero attached hydrogens (tertiary/aromatic N) is 2. The molecule has 1 atom stereocenters. The molecule has 1 aliphatic heterocycles. The molecule has 2 heterocycles. The van der Waals surface area contributed by atoms with Gasteiger partial charge in [0.1, 0.15) is 12.3 Å². The third-order valence-electron chi connectivity index (χ3n) is 5.38. The van der Waals surface area contributed by atoms with E-state index < -0.39 is 21.5 Å². The largest absolute Gasteiger partial charge is 0.376 e. The van der Waals surface area contributed by atoms with Gasteiger partial charge in [0.25, 0.3) is 0 Å². The highest BCUT2D eigenvalue weighted by molar-refractivity contribution is 7.92. The van der Waals surface area contributed by atoms with Gasteiger partial charge in [-0.25, -0.2) is 8.42 Å². The number of rotatable bonds is 9. The zero-order valence-corrected chi connectivity index (χ0v) is 18.3. The molecule has 0 saturated carbocycles. The van der Waals surface area contributed by atoms with E-state index in [9.17, 15) is 18.0 Å². The molecule has 1 fully saturated rings. The molecule has 1 saturated heterocycles. The van der Waals surface area contributed by atoms with Gasteiger partial charge >= 0.3 is 0 Å². The molecule has 2 amide bonds. The van der Waals surface area contributed by atoms with Crippen molar-refractivity contribution < 1.29 is 22.7 Å². The number of carbonyl (C=O) groups excluding carboxylic acids is 2. The summed E-state index contributed by atoms with van der Waals surface area (Å²) >= 11 is 0. The van der Waals surface area contributed by atoms with E-state index in [1.54, 1.807) is 33.7 Å². The van der Waals surface area contributed by atoms with E-state index in [0.717, 1.165) is 12.8 Å². The van der Waals surface area contributed by atoms with Crippen LogP contribution in [0.2, 0.25) is 0 Å². The Morgan fingerprint density at radius 2 is 1.97 bits per heavy atom. The first-order valence-electron chi connectivity index (χ1n) is 10.3. The number of ether oxygens (including phenoxy) is 1. The summed E-state index contributed by atoms with van der Waals surface area (Å²) in [4.78, 5) is 26.6. The smallest absolute Gasteiger partial charge is 0.242 e. The molecule has 3 rings (SSSR count). The van der Waals surface area contributed by atoms with E-state index in [1.807, 2.05) is 13.8 Å². The topological polar surface area (TPSA) is 97.7 Å². The maximum atomic E-state index is 13.0. The Hall–Kier alpha value is -2.39. The van der Waals surface area contributed by atoms with Crippen molar-refractivity contribution in [2.45, 2.75) is 44.2 Å². The van der Waals surface area contributed by atoms with Crippen LogP contribution in [0, 0.1) is 0 Å². The van der Waals surface area contributed by atoms with Crippen LogP contribution >= 0.6 is 0 Å². The lowest BCUT2D eigenvalue weighted by atomic mass is 10.2. The zero-order valence-electron chi connectivity index (χ0n) is 17.5. The number of aromatic nitrogens is 1. The molecule has 0 aliphatic carbocycles. The molecule has 0 bridgehead atoms. The minimum absolute atomic E-state index is 0.0446. The maximum Gasteiger partial charge on any atom is 0.242 e. The number of hydrogen-bond donors (Lipinski definition) is 1. The van der Waals surface area contributed by atoms with E-state index in [4.69, 9.17) is 4.74 Å². The van der Waals surface area contributed by atoms with Crippen LogP contribution in [0.4, 0.5) is 0 Å². The molecular formula is C21H29N3O5S. The molecule has 1 aliphatic rings. The van der Waals surface area contributed by atoms with Gasteiger partial charge in [0.05, 0.1) is 11.0 Å². The van der Waals surface area contributed by atoms with Crippen molar-refractivity contribution in [1.82, 2.24) is 14.8 Å². The Balaban J connectivity index is 1.80. The van der Waals surface area contributed by atoms with Gasteiger partial charge in [-0.05, 0) is 32.8 Å². The monoisotopic (exact) mass is 435 g/mol. The summed E-state index contributed by atoms with van der Waals surface area (Å²) < 4.78 is 33.1. The minimum atomic E-state index is -3.88. The molecule has 164 valence electrons. The Labute approximate surface area is 177 Å². The van der Waals surface area contributed by atoms with Crippen molar-refractivity contribution in [2.75, 3.05) is 32.0 Å². The molecule has 2 aromatic rings. The lowest BCUT2D eigenvalue weighted by molar-refractivity contribution is -0.131. The number of nitrogens with one attached hydrogen (secondary N) is 1. The molecule has 0 spiro atoms. The van der Waals surface area contributed by atoms with Crippen LogP contribution in [0.5, 0.6) is 0 Å². The van der Waals surface area contributed by atoms with Crippen LogP contribution in [-0.2, 0) is 30.7 Å². The SMILES string of the molecule is CCN(CC)C(=O)Cn1cc(S(=O)(=O)CC(=O)NC[C@@H]2CCCO2)c2ccccc21. The Kier molecular flexibility index (Phi) is 7.14. The van der Waals surface area contributed by atoms with Gasteiger partial charge in [0.2, 0.25) is 11.8 Å². The Morgan fingerprint density at radius 3 is 2.63 bits per heavy atom. The number of para-hydroxylation sites is 1. The quantitative estimate of drug-likeness (QED) is 0.645. The molecule has 30 heavy (non-hydrogen) atoms. The van der Waals surface area contributed by atoms with Crippen LogP contribution in [0.25, 0.3) is 10.9 Å². The van der Waals surface area contributed by atoms with Crippen LogP contribution < -0.4 is 5.32 Å². The van der Waals surface area contributed by atoms with Crippen molar-refractivity contribution >= 4 is 32.6 Å². The first-order chi connectivity index (χ1) is 14.4. The minimum Gasteiger partial charge on any atom is -0.376 e. The molecule has 8 nitrogen and oxygen atoms in total. The van der Waals surface area contributed by atoms with Gasteiger partial charge < -0.3 is 19.5 Å². The summed E-state index contributed by atoms with van der Waals surface area (Å²) in [6.45, 7) is 6.01. The summed E-state index contributed by atoms with van der Waals surface area (Å²) in [5, 5.41) is 3.17. The number of benzene rings is 1. The maximum absolute atomic E-state index is 13.0. The highest BCUT2D eigenvalue weighted by Crippen LogP contribution is 2.26. The first kappa shape index (κ1) is 22.3. The van der Waals surface area contributed by atoms with Gasteiger partial charge in [-0.3, -0.25) is 9.59 Å². The van der Waals surface area contributed by atoms with Gasteiger partial charge in [-0.15, -0.1) is 0 Å². The van der Waals surface area contributed by atoms with Crippen molar-refractivity contribution in [3.05, 3.63) is 30.5 Å². The summed E-state index contributed by atoms with van der Waals surface area (Å²) in [5.41, 5.74) is 0.649. The lowest BCUT2D eigenvalue weighted by Crippen LogP contribution is -2.35. The normalized spacial score (nSPS) is 16.7. The third-order valence-corrected chi connectivity index (χ3v) is 7.02. The van der Waals surface area contributed by atoms with Crippen LogP contribution in [0.3, 0.4) is 0 Å². The molecule has 1 N–H and O–H groups in total. The average Bonchev–Trinajstić information content (AvgIpc) is 3.36. The van der Waals surface area contributed by atoms with E-state index in [1.165, 1.54) is 6.20 Å². The van der Waals surface area contributed by atoms with E-state index in [0.29, 0.717) is 37.1 Å². The molecule has 0 radical (unpaired) electrons. The fourth-order valence-corrected chi connectivity index (χ4v) is 5.15. The van der Waals surface area contributed by atoms with Crippen LogP contribution in [-0.4, -0.2) is 67.8 Å². The lowest BCUT2D eigenvalue weighted by Gasteiger charge is -2.19. The average molecular weight is 436 g/mol. The number of hydrogen-bond acceptors (Lipinski definition) is 5. The van der Waals surface area contributed by atoms with E-state index >= 15 is 0 Å². The molecule has 1 aromatic heterocycles. The fraction of sp³-hybridized carbons (Fsp3) is 0.524. The Morgan fingerprint density at radius 1 is 1.23 bits per heavy atom. The molecule has 0 unspecified atom stereocenters. The Bertz CT molecular complexity index is 1000. The highest BCUT2D eigenvalue weighted by Gasteiger charge is 2.26. The van der Waals surface area contributed by atoms with Crippen molar-refractivity contribution in [3.8, 4) is 0 Å². The summed E-state index contributed by atoms with van der Waals surface area (Å²) in [6, 6.07) is 7.02. The van der Waals surface area contributed by atoms with E-state index in [2.05, 4.69) is 5.32 Å². The zero-order chi connectivity index (χ0) is 21.7. The summed E-state index contributed by atoms with van der Waals surface area (Å²) in [5.74, 6) is -1.28. The van der Waals surface area contributed by atoms with Crippen molar-refractivity contribution in [1.29, 1.82) is 0 Å². The van der Waals surface area contributed by atoms with Crippen LogP contribution in [0.15, 0.2) is 35.4 Å². The summed E-state index contributed by atoms with van der Waals surface area (Å²) in [7, 11) is -3.88. The predicted molar refractivity (Wildman–Crippen MR) is 114 cm³/mol. The molecule has 9 heteroatoms. The fourth-order valence-electron chi connectivity index (χ4n) is 3.75.